The van der Waals surface area contributed by atoms with Gasteiger partial charge < -0.3 is 19.9 Å². The highest BCUT2D eigenvalue weighted by Gasteiger charge is 2.34. The van der Waals surface area contributed by atoms with Gasteiger partial charge in [0.15, 0.2) is 10.8 Å². The van der Waals surface area contributed by atoms with Gasteiger partial charge in [0.25, 0.3) is 0 Å². The van der Waals surface area contributed by atoms with Crippen molar-refractivity contribution in [3.05, 3.63) is 35.3 Å². The first-order valence-electron chi connectivity index (χ1n) is 8.29. The molecule has 1 aromatic heterocycles. The van der Waals surface area contributed by atoms with E-state index in [1.54, 1.807) is 12.1 Å². The maximum absolute atomic E-state index is 12.6. The van der Waals surface area contributed by atoms with E-state index in [1.165, 1.54) is 11.9 Å². The number of halogens is 3. The molecule has 1 fully saturated rings. The highest BCUT2D eigenvalue weighted by molar-refractivity contribution is 7.13. The number of nitrogens with one attached hydrogen (secondary N) is 1. The molecule has 0 spiro atoms. The number of nitrogens with zero attached hydrogens (tertiary/aromatic N) is 3. The number of morpholine rings is 1. The summed E-state index contributed by atoms with van der Waals surface area (Å²) in [7, 11) is 1.53. The number of alkyl halides is 3. The highest BCUT2D eigenvalue weighted by Crippen LogP contribution is 2.32. The van der Waals surface area contributed by atoms with Gasteiger partial charge in [-0.2, -0.15) is 13.2 Å². The van der Waals surface area contributed by atoms with Crippen molar-refractivity contribution in [2.45, 2.75) is 6.18 Å². The molecule has 27 heavy (non-hydrogen) atoms. The summed E-state index contributed by atoms with van der Waals surface area (Å²) in [5.41, 5.74) is 0.727. The molecule has 0 bridgehead atoms. The van der Waals surface area contributed by atoms with E-state index in [9.17, 15) is 18.0 Å². The molecule has 1 amide bonds. The lowest BCUT2D eigenvalue weighted by Gasteiger charge is -2.28. The molecule has 2 aromatic rings. The second kappa shape index (κ2) is 8.13. The number of aromatic nitrogens is 1. The topological polar surface area (TPSA) is 57.7 Å². The maximum Gasteiger partial charge on any atom is 0.434 e. The average Bonchev–Trinajstić information content (AvgIpc) is 3.14. The summed E-state index contributed by atoms with van der Waals surface area (Å²) < 4.78 is 43.2. The molecule has 1 N–H and O–H groups in total. The summed E-state index contributed by atoms with van der Waals surface area (Å²) in [4.78, 5) is 19.3. The van der Waals surface area contributed by atoms with Crippen molar-refractivity contribution in [3.8, 4) is 0 Å². The number of thiazole rings is 1. The van der Waals surface area contributed by atoms with Crippen LogP contribution in [0.3, 0.4) is 0 Å². The summed E-state index contributed by atoms with van der Waals surface area (Å²) in [6.45, 7) is 2.93. The number of hydrogen-bond acceptors (Lipinski definition) is 6. The molecule has 0 unspecified atom stereocenters. The number of rotatable bonds is 5. The normalized spacial score (nSPS) is 14.9. The van der Waals surface area contributed by atoms with E-state index in [-0.39, 0.29) is 17.6 Å². The van der Waals surface area contributed by atoms with Crippen LogP contribution in [0.2, 0.25) is 0 Å². The number of carbonyl (C=O) groups excluding carboxylic acids is 1. The van der Waals surface area contributed by atoms with Crippen LogP contribution in [-0.4, -0.2) is 50.8 Å². The molecule has 1 aromatic carbocycles. The summed E-state index contributed by atoms with van der Waals surface area (Å²) >= 11 is 0.850. The molecule has 0 atom stereocenters. The Hall–Kier alpha value is -2.33. The lowest BCUT2D eigenvalue weighted by molar-refractivity contribution is -0.140. The smallest absolute Gasteiger partial charge is 0.378 e. The van der Waals surface area contributed by atoms with E-state index in [0.717, 1.165) is 35.5 Å². The van der Waals surface area contributed by atoms with Gasteiger partial charge in [0.2, 0.25) is 5.91 Å². The van der Waals surface area contributed by atoms with Crippen LogP contribution >= 0.6 is 11.3 Å². The fourth-order valence-corrected chi connectivity index (χ4v) is 3.43. The lowest BCUT2D eigenvalue weighted by Crippen LogP contribution is -2.36. The van der Waals surface area contributed by atoms with E-state index in [2.05, 4.69) is 15.2 Å². The Kier molecular flexibility index (Phi) is 5.85. The molecule has 1 aliphatic heterocycles. The van der Waals surface area contributed by atoms with Crippen LogP contribution in [0.1, 0.15) is 5.69 Å². The molecule has 0 radical (unpaired) electrons. The number of likely N-dealkylation sites (N-methyl/N-ethyl adjacent to an activating group) is 1. The van der Waals surface area contributed by atoms with E-state index in [1.807, 2.05) is 12.1 Å². The number of amides is 1. The molecule has 6 nitrogen and oxygen atoms in total. The second-order valence-electron chi connectivity index (χ2n) is 6.06. The fourth-order valence-electron chi connectivity index (χ4n) is 2.63. The van der Waals surface area contributed by atoms with Gasteiger partial charge in [0, 0.05) is 36.9 Å². The molecule has 0 saturated carbocycles. The third-order valence-electron chi connectivity index (χ3n) is 4.02. The predicted molar refractivity (Wildman–Crippen MR) is 98.5 cm³/mol. The highest BCUT2D eigenvalue weighted by atomic mass is 32.1. The Morgan fingerprint density at radius 2 is 1.96 bits per heavy atom. The van der Waals surface area contributed by atoms with Crippen molar-refractivity contribution < 1.29 is 22.7 Å². The SMILES string of the molecule is CN(CC(=O)Nc1ccc(N2CCOCC2)cc1)c1nc(C(F)(F)F)cs1. The van der Waals surface area contributed by atoms with Crippen molar-refractivity contribution in [1.29, 1.82) is 0 Å². The van der Waals surface area contributed by atoms with Crippen LogP contribution in [0.5, 0.6) is 0 Å². The van der Waals surface area contributed by atoms with Gasteiger partial charge in [-0.15, -0.1) is 11.3 Å². The predicted octanol–water partition coefficient (Wildman–Crippen LogP) is 3.07. The zero-order chi connectivity index (χ0) is 19.4. The van der Waals surface area contributed by atoms with Crippen molar-refractivity contribution >= 4 is 33.8 Å². The van der Waals surface area contributed by atoms with Crippen molar-refractivity contribution in [2.24, 2.45) is 0 Å². The van der Waals surface area contributed by atoms with Crippen LogP contribution in [-0.2, 0) is 15.7 Å². The molecule has 2 heterocycles. The number of carbonyl (C=O) groups is 1. The standard InChI is InChI=1S/C17H19F3N4O2S/c1-23(16-22-14(11-27-16)17(18,19)20)10-15(25)21-12-2-4-13(5-3-12)24-6-8-26-9-7-24/h2-5,11H,6-10H2,1H3,(H,21,25). The van der Waals surface area contributed by atoms with Gasteiger partial charge in [-0.25, -0.2) is 4.98 Å². The first-order valence-corrected chi connectivity index (χ1v) is 9.17. The zero-order valence-corrected chi connectivity index (χ0v) is 15.4. The van der Waals surface area contributed by atoms with Crippen LogP contribution in [0, 0.1) is 0 Å². The van der Waals surface area contributed by atoms with Gasteiger partial charge in [-0.05, 0) is 24.3 Å². The number of hydrogen-bond donors (Lipinski definition) is 1. The minimum atomic E-state index is -4.49. The summed E-state index contributed by atoms with van der Waals surface area (Å²) in [5.74, 6) is -0.333. The van der Waals surface area contributed by atoms with E-state index >= 15 is 0 Å². The molecule has 1 saturated heterocycles. The third kappa shape index (κ3) is 5.10. The molecule has 10 heteroatoms. The van der Waals surface area contributed by atoms with Gasteiger partial charge in [-0.3, -0.25) is 4.79 Å². The number of benzene rings is 1. The van der Waals surface area contributed by atoms with E-state index in [0.29, 0.717) is 18.9 Å². The van der Waals surface area contributed by atoms with Crippen molar-refractivity contribution in [2.75, 3.05) is 55.0 Å². The van der Waals surface area contributed by atoms with Gasteiger partial charge in [0.05, 0.1) is 19.8 Å². The molecule has 0 aliphatic carbocycles. The minimum absolute atomic E-state index is 0.101. The first kappa shape index (κ1) is 19.4. The maximum atomic E-state index is 12.6. The summed E-state index contributed by atoms with van der Waals surface area (Å²) in [6.07, 6.45) is -4.49. The van der Waals surface area contributed by atoms with Gasteiger partial charge >= 0.3 is 6.18 Å². The van der Waals surface area contributed by atoms with Crippen LogP contribution in [0.4, 0.5) is 29.7 Å². The molecular weight excluding hydrogens is 381 g/mol. The largest absolute Gasteiger partial charge is 0.434 e. The van der Waals surface area contributed by atoms with Gasteiger partial charge in [0.1, 0.15) is 0 Å². The second-order valence-corrected chi connectivity index (χ2v) is 6.90. The van der Waals surface area contributed by atoms with E-state index < -0.39 is 11.9 Å². The van der Waals surface area contributed by atoms with Crippen LogP contribution in [0.25, 0.3) is 0 Å². The third-order valence-corrected chi connectivity index (χ3v) is 4.97. The molecule has 3 rings (SSSR count). The Bertz CT molecular complexity index is 773. The van der Waals surface area contributed by atoms with Gasteiger partial charge in [-0.1, -0.05) is 0 Å². The lowest BCUT2D eigenvalue weighted by atomic mass is 10.2. The van der Waals surface area contributed by atoms with E-state index in [4.69, 9.17) is 4.74 Å². The van der Waals surface area contributed by atoms with Crippen LogP contribution in [0.15, 0.2) is 29.6 Å². The van der Waals surface area contributed by atoms with Crippen molar-refractivity contribution in [1.82, 2.24) is 4.98 Å². The first-order chi connectivity index (χ1) is 12.8. The molecule has 1 aliphatic rings. The Labute approximate surface area is 158 Å². The Morgan fingerprint density at radius 3 is 2.56 bits per heavy atom. The summed E-state index contributed by atoms with van der Waals surface area (Å²) in [5, 5.41) is 3.82. The Balaban J connectivity index is 1.54. The van der Waals surface area contributed by atoms with Crippen molar-refractivity contribution in [3.63, 3.8) is 0 Å². The average molecular weight is 400 g/mol. The number of ether oxygens (including phenoxy) is 1. The Morgan fingerprint density at radius 1 is 1.30 bits per heavy atom. The fraction of sp³-hybridized carbons (Fsp3) is 0.412. The molecular formula is C17H19F3N4O2S. The van der Waals surface area contributed by atoms with Crippen LogP contribution < -0.4 is 15.1 Å². The minimum Gasteiger partial charge on any atom is -0.378 e. The number of anilines is 3. The monoisotopic (exact) mass is 400 g/mol. The molecule has 146 valence electrons. The zero-order valence-electron chi connectivity index (χ0n) is 14.6. The quantitative estimate of drug-likeness (QED) is 0.836. The summed E-state index contributed by atoms with van der Waals surface area (Å²) in [6, 6.07) is 7.43.